The number of hydrogen-bond donors (Lipinski definition) is 1. The maximum absolute atomic E-state index is 12.9. The van der Waals surface area contributed by atoms with E-state index in [4.69, 9.17) is 0 Å². The number of nitrogens with zero attached hydrogens (tertiary/aromatic N) is 2. The van der Waals surface area contributed by atoms with Crippen LogP contribution in [0.3, 0.4) is 0 Å². The summed E-state index contributed by atoms with van der Waals surface area (Å²) >= 11 is 0. The summed E-state index contributed by atoms with van der Waals surface area (Å²) in [6.07, 6.45) is 5.54. The van der Waals surface area contributed by atoms with E-state index in [9.17, 15) is 14.0 Å². The number of urea groups is 1. The minimum absolute atomic E-state index is 0.121. The second-order valence-electron chi connectivity index (χ2n) is 6.57. The molecule has 25 heavy (non-hydrogen) atoms. The molecule has 3 amide bonds. The largest absolute Gasteiger partial charge is 0.343 e. The second-order valence-corrected chi connectivity index (χ2v) is 6.57. The van der Waals surface area contributed by atoms with E-state index in [1.807, 2.05) is 4.90 Å². The van der Waals surface area contributed by atoms with Gasteiger partial charge in [0, 0.05) is 39.6 Å². The zero-order valence-electron chi connectivity index (χ0n) is 15.0. The average Bonchev–Trinajstić information content (AvgIpc) is 2.90. The van der Waals surface area contributed by atoms with Gasteiger partial charge in [0.2, 0.25) is 5.91 Å². The number of nitrogens with one attached hydrogen (secondary N) is 1. The molecule has 0 spiro atoms. The predicted octanol–water partition coefficient (Wildman–Crippen LogP) is 2.80. The van der Waals surface area contributed by atoms with Crippen molar-refractivity contribution in [3.8, 4) is 0 Å². The highest BCUT2D eigenvalue weighted by molar-refractivity contribution is 5.78. The molecule has 1 aromatic carbocycles. The maximum Gasteiger partial charge on any atom is 0.317 e. The topological polar surface area (TPSA) is 52.7 Å². The molecular formula is C19H28FN3O2. The Kier molecular flexibility index (Phi) is 7.70. The van der Waals surface area contributed by atoms with Crippen molar-refractivity contribution in [2.45, 2.75) is 38.5 Å². The van der Waals surface area contributed by atoms with Crippen molar-refractivity contribution in [1.29, 1.82) is 0 Å². The summed E-state index contributed by atoms with van der Waals surface area (Å²) in [7, 11) is 1.72. The molecule has 6 heteroatoms. The summed E-state index contributed by atoms with van der Waals surface area (Å²) in [4.78, 5) is 27.7. The fourth-order valence-corrected chi connectivity index (χ4v) is 2.94. The van der Waals surface area contributed by atoms with Crippen LogP contribution in [-0.2, 0) is 11.2 Å². The third-order valence-electron chi connectivity index (χ3n) is 4.57. The number of hydrogen-bond acceptors (Lipinski definition) is 2. The molecule has 1 aliphatic heterocycles. The Hall–Kier alpha value is -2.11. The first-order valence-electron chi connectivity index (χ1n) is 9.07. The molecule has 0 atom stereocenters. The van der Waals surface area contributed by atoms with Gasteiger partial charge >= 0.3 is 6.03 Å². The first-order valence-corrected chi connectivity index (χ1v) is 9.07. The molecule has 2 rings (SSSR count). The fraction of sp³-hybridized carbons (Fsp3) is 0.579. The van der Waals surface area contributed by atoms with Crippen LogP contribution in [0.4, 0.5) is 9.18 Å². The number of likely N-dealkylation sites (N-methyl/N-ethyl adjacent to an activating group) is 1. The highest BCUT2D eigenvalue weighted by Gasteiger charge is 2.16. The van der Waals surface area contributed by atoms with E-state index in [2.05, 4.69) is 5.32 Å². The van der Waals surface area contributed by atoms with Crippen LogP contribution in [0.5, 0.6) is 0 Å². The van der Waals surface area contributed by atoms with Crippen LogP contribution in [0.2, 0.25) is 0 Å². The molecule has 0 aliphatic carbocycles. The molecule has 1 N–H and O–H groups in total. The van der Waals surface area contributed by atoms with Gasteiger partial charge in [0.05, 0.1) is 0 Å². The van der Waals surface area contributed by atoms with Crippen molar-refractivity contribution in [2.24, 2.45) is 0 Å². The molecule has 0 unspecified atom stereocenters. The highest BCUT2D eigenvalue weighted by Crippen LogP contribution is 2.10. The van der Waals surface area contributed by atoms with Gasteiger partial charge in [-0.05, 0) is 37.0 Å². The van der Waals surface area contributed by atoms with Crippen molar-refractivity contribution in [1.82, 2.24) is 15.1 Å². The second kappa shape index (κ2) is 10.0. The van der Waals surface area contributed by atoms with Crippen LogP contribution in [0.25, 0.3) is 0 Å². The molecule has 1 heterocycles. The van der Waals surface area contributed by atoms with Crippen LogP contribution in [0.1, 0.15) is 37.7 Å². The number of benzene rings is 1. The van der Waals surface area contributed by atoms with Gasteiger partial charge in [-0.15, -0.1) is 0 Å². The van der Waals surface area contributed by atoms with E-state index in [0.29, 0.717) is 25.9 Å². The molecule has 138 valence electrons. The van der Waals surface area contributed by atoms with Crippen molar-refractivity contribution in [2.75, 3.05) is 33.2 Å². The normalized spacial score (nSPS) is 14.7. The zero-order chi connectivity index (χ0) is 18.1. The summed E-state index contributed by atoms with van der Waals surface area (Å²) in [6.45, 7) is 2.57. The van der Waals surface area contributed by atoms with Crippen molar-refractivity contribution < 1.29 is 14.0 Å². The van der Waals surface area contributed by atoms with Gasteiger partial charge in [-0.1, -0.05) is 25.0 Å². The Morgan fingerprint density at radius 2 is 1.76 bits per heavy atom. The average molecular weight is 349 g/mol. The molecule has 1 saturated heterocycles. The molecular weight excluding hydrogens is 321 g/mol. The van der Waals surface area contributed by atoms with Crippen molar-refractivity contribution in [3.05, 3.63) is 35.6 Å². The van der Waals surface area contributed by atoms with Crippen molar-refractivity contribution in [3.63, 3.8) is 0 Å². The zero-order valence-corrected chi connectivity index (χ0v) is 15.0. The van der Waals surface area contributed by atoms with Crippen LogP contribution >= 0.6 is 0 Å². The molecule has 0 radical (unpaired) electrons. The molecule has 0 bridgehead atoms. The lowest BCUT2D eigenvalue weighted by Gasteiger charge is -2.21. The molecule has 1 fully saturated rings. The van der Waals surface area contributed by atoms with Gasteiger partial charge < -0.3 is 15.1 Å². The molecule has 0 aromatic heterocycles. The van der Waals surface area contributed by atoms with Gasteiger partial charge in [0.15, 0.2) is 0 Å². The SMILES string of the molecule is CN(CCc1ccc(F)cc1)C(=O)NCCC(=O)N1CCCCCC1. The van der Waals surface area contributed by atoms with Gasteiger partial charge in [-0.25, -0.2) is 9.18 Å². The number of carbonyl (C=O) groups is 2. The minimum atomic E-state index is -0.260. The standard InChI is InChI=1S/C19H28FN3O2/c1-22(15-11-16-6-8-17(20)9-7-16)19(25)21-12-10-18(24)23-13-4-2-3-5-14-23/h6-9H,2-5,10-15H2,1H3,(H,21,25). The van der Waals surface area contributed by atoms with Gasteiger partial charge in [-0.2, -0.15) is 0 Å². The Morgan fingerprint density at radius 1 is 1.12 bits per heavy atom. The Morgan fingerprint density at radius 3 is 2.40 bits per heavy atom. The lowest BCUT2D eigenvalue weighted by atomic mass is 10.1. The summed E-state index contributed by atoms with van der Waals surface area (Å²) in [5, 5.41) is 2.79. The van der Waals surface area contributed by atoms with Crippen LogP contribution < -0.4 is 5.32 Å². The lowest BCUT2D eigenvalue weighted by Crippen LogP contribution is -2.40. The summed E-state index contributed by atoms with van der Waals surface area (Å²) < 4.78 is 12.9. The molecule has 5 nitrogen and oxygen atoms in total. The van der Waals surface area contributed by atoms with Gasteiger partial charge in [0.1, 0.15) is 5.82 Å². The fourth-order valence-electron chi connectivity index (χ4n) is 2.94. The number of carbonyl (C=O) groups excluding carboxylic acids is 2. The summed E-state index contributed by atoms with van der Waals surface area (Å²) in [5.41, 5.74) is 0.984. The monoisotopic (exact) mass is 349 g/mol. The number of likely N-dealkylation sites (tertiary alicyclic amines) is 1. The molecule has 0 saturated carbocycles. The number of amides is 3. The first kappa shape index (κ1) is 19.2. The molecule has 1 aliphatic rings. The van der Waals surface area contributed by atoms with E-state index in [-0.39, 0.29) is 17.8 Å². The Bertz CT molecular complexity index is 554. The van der Waals surface area contributed by atoms with Crippen LogP contribution in [0, 0.1) is 5.82 Å². The quantitative estimate of drug-likeness (QED) is 0.859. The minimum Gasteiger partial charge on any atom is -0.343 e. The first-order chi connectivity index (χ1) is 12.1. The van der Waals surface area contributed by atoms with E-state index in [1.165, 1.54) is 25.0 Å². The smallest absolute Gasteiger partial charge is 0.317 e. The Labute approximate surface area is 149 Å². The van der Waals surface area contributed by atoms with Gasteiger partial charge in [-0.3, -0.25) is 4.79 Å². The third-order valence-corrected chi connectivity index (χ3v) is 4.57. The van der Waals surface area contributed by atoms with Crippen molar-refractivity contribution >= 4 is 11.9 Å². The summed E-state index contributed by atoms with van der Waals surface area (Å²) in [6, 6.07) is 6.10. The molecule has 1 aromatic rings. The van der Waals surface area contributed by atoms with Gasteiger partial charge in [0.25, 0.3) is 0 Å². The summed E-state index contributed by atoms with van der Waals surface area (Å²) in [5.74, 6) is -0.139. The number of halogens is 1. The predicted molar refractivity (Wildman–Crippen MR) is 95.8 cm³/mol. The van der Waals surface area contributed by atoms with Crippen LogP contribution in [-0.4, -0.2) is 55.0 Å². The van der Waals surface area contributed by atoms with E-state index < -0.39 is 0 Å². The highest BCUT2D eigenvalue weighted by atomic mass is 19.1. The van der Waals surface area contributed by atoms with E-state index >= 15 is 0 Å². The van der Waals surface area contributed by atoms with E-state index in [0.717, 1.165) is 31.5 Å². The van der Waals surface area contributed by atoms with E-state index in [1.54, 1.807) is 24.1 Å². The van der Waals surface area contributed by atoms with Crippen LogP contribution in [0.15, 0.2) is 24.3 Å². The Balaban J connectivity index is 1.64. The maximum atomic E-state index is 12.9. The number of rotatable bonds is 6. The lowest BCUT2D eigenvalue weighted by molar-refractivity contribution is -0.131. The third kappa shape index (κ3) is 6.72.